The number of hydrogen-bond acceptors (Lipinski definition) is 3. The normalized spacial score (nSPS) is 12.0. The molecule has 0 aliphatic heterocycles. The number of aliphatic hydroxyl groups excluding tert-OH is 1. The lowest BCUT2D eigenvalue weighted by molar-refractivity contribution is 0.198. The highest BCUT2D eigenvalue weighted by molar-refractivity contribution is 5.38. The lowest BCUT2D eigenvalue weighted by atomic mass is 10.1. The molecule has 0 aliphatic rings. The number of ether oxygens (including phenoxy) is 2. The Hall–Kier alpha value is -2.00. The van der Waals surface area contributed by atoms with Crippen molar-refractivity contribution in [3.8, 4) is 11.5 Å². The Bertz CT molecular complexity index is 574. The lowest BCUT2D eigenvalue weighted by Gasteiger charge is -2.14. The molecule has 3 nitrogen and oxygen atoms in total. The van der Waals surface area contributed by atoms with Crippen LogP contribution in [0.3, 0.4) is 0 Å². The van der Waals surface area contributed by atoms with E-state index in [0.717, 1.165) is 22.6 Å². The minimum absolute atomic E-state index is 0.416. The van der Waals surface area contributed by atoms with Crippen LogP contribution in [-0.4, -0.2) is 11.7 Å². The van der Waals surface area contributed by atoms with E-state index < -0.39 is 6.10 Å². The Labute approximate surface area is 126 Å². The van der Waals surface area contributed by atoms with Crippen LogP contribution in [-0.2, 0) is 6.61 Å². The van der Waals surface area contributed by atoms with Gasteiger partial charge in [-0.1, -0.05) is 23.8 Å². The number of hydrogen-bond donors (Lipinski definition) is 1. The smallest absolute Gasteiger partial charge is 0.125 e. The lowest BCUT2D eigenvalue weighted by Crippen LogP contribution is -2.03. The van der Waals surface area contributed by atoms with Crippen molar-refractivity contribution in [1.82, 2.24) is 0 Å². The molecule has 0 spiro atoms. The van der Waals surface area contributed by atoms with Gasteiger partial charge in [-0.2, -0.15) is 0 Å². The molecular weight excluding hydrogens is 264 g/mol. The molecule has 2 aromatic rings. The summed E-state index contributed by atoms with van der Waals surface area (Å²) in [4.78, 5) is 0. The fraction of sp³-hybridized carbons (Fsp3) is 0.333. The molecule has 0 aromatic heterocycles. The first-order valence-electron chi connectivity index (χ1n) is 7.23. The summed E-state index contributed by atoms with van der Waals surface area (Å²) in [5.74, 6) is 1.62. The van der Waals surface area contributed by atoms with Gasteiger partial charge in [0, 0.05) is 5.56 Å². The minimum atomic E-state index is -0.501. The van der Waals surface area contributed by atoms with Gasteiger partial charge in [-0.3, -0.25) is 0 Å². The summed E-state index contributed by atoms with van der Waals surface area (Å²) in [5.41, 5.74) is 3.00. The third-order valence-electron chi connectivity index (χ3n) is 3.28. The SMILES string of the molecule is CCOc1ccc(C(C)O)cc1COc1ccc(C)cc1. The quantitative estimate of drug-likeness (QED) is 0.871. The predicted octanol–water partition coefficient (Wildman–Crippen LogP) is 4.03. The molecule has 1 N–H and O–H groups in total. The zero-order chi connectivity index (χ0) is 15.2. The Kier molecular flexibility index (Phi) is 5.23. The van der Waals surface area contributed by atoms with E-state index in [4.69, 9.17) is 9.47 Å². The average molecular weight is 286 g/mol. The Balaban J connectivity index is 2.16. The number of aryl methyl sites for hydroxylation is 1. The highest BCUT2D eigenvalue weighted by atomic mass is 16.5. The molecule has 0 aliphatic carbocycles. The Morgan fingerprint density at radius 1 is 1.05 bits per heavy atom. The molecule has 0 radical (unpaired) electrons. The maximum Gasteiger partial charge on any atom is 0.125 e. The summed E-state index contributed by atoms with van der Waals surface area (Å²) in [5, 5.41) is 9.70. The maximum absolute atomic E-state index is 9.70. The summed E-state index contributed by atoms with van der Waals surface area (Å²) in [7, 11) is 0. The molecule has 0 fully saturated rings. The summed E-state index contributed by atoms with van der Waals surface area (Å²) >= 11 is 0. The van der Waals surface area contributed by atoms with E-state index in [1.807, 2.05) is 56.3 Å². The topological polar surface area (TPSA) is 38.7 Å². The molecule has 0 bridgehead atoms. The first kappa shape index (κ1) is 15.4. The highest BCUT2D eigenvalue weighted by Gasteiger charge is 2.09. The second kappa shape index (κ2) is 7.14. The second-order valence-corrected chi connectivity index (χ2v) is 5.08. The molecule has 3 heteroatoms. The van der Waals surface area contributed by atoms with Crippen LogP contribution in [0.5, 0.6) is 11.5 Å². The van der Waals surface area contributed by atoms with E-state index in [2.05, 4.69) is 0 Å². The van der Waals surface area contributed by atoms with Crippen LogP contribution in [0.2, 0.25) is 0 Å². The minimum Gasteiger partial charge on any atom is -0.493 e. The third-order valence-corrected chi connectivity index (χ3v) is 3.28. The van der Waals surface area contributed by atoms with Crippen molar-refractivity contribution in [2.45, 2.75) is 33.5 Å². The molecule has 21 heavy (non-hydrogen) atoms. The predicted molar refractivity (Wildman–Crippen MR) is 83.8 cm³/mol. The van der Waals surface area contributed by atoms with Crippen LogP contribution in [0.1, 0.15) is 36.6 Å². The van der Waals surface area contributed by atoms with Gasteiger partial charge in [0.25, 0.3) is 0 Å². The molecule has 1 atom stereocenters. The van der Waals surface area contributed by atoms with E-state index in [-0.39, 0.29) is 0 Å². The van der Waals surface area contributed by atoms with Crippen LogP contribution in [0.4, 0.5) is 0 Å². The van der Waals surface area contributed by atoms with Crippen molar-refractivity contribution in [3.05, 3.63) is 59.2 Å². The van der Waals surface area contributed by atoms with Gasteiger partial charge in [-0.05, 0) is 50.6 Å². The Morgan fingerprint density at radius 2 is 1.76 bits per heavy atom. The monoisotopic (exact) mass is 286 g/mol. The van der Waals surface area contributed by atoms with E-state index >= 15 is 0 Å². The van der Waals surface area contributed by atoms with Crippen LogP contribution in [0.15, 0.2) is 42.5 Å². The van der Waals surface area contributed by atoms with Crippen LogP contribution in [0.25, 0.3) is 0 Å². The van der Waals surface area contributed by atoms with Gasteiger partial charge in [0.05, 0.1) is 12.7 Å². The highest BCUT2D eigenvalue weighted by Crippen LogP contribution is 2.25. The van der Waals surface area contributed by atoms with Crippen molar-refractivity contribution in [2.24, 2.45) is 0 Å². The molecule has 0 saturated heterocycles. The van der Waals surface area contributed by atoms with Crippen molar-refractivity contribution in [2.75, 3.05) is 6.61 Å². The summed E-state index contributed by atoms with van der Waals surface area (Å²) in [6, 6.07) is 13.6. The van der Waals surface area contributed by atoms with Gasteiger partial charge in [-0.25, -0.2) is 0 Å². The van der Waals surface area contributed by atoms with Gasteiger partial charge in [0.15, 0.2) is 0 Å². The van der Waals surface area contributed by atoms with Crippen LogP contribution < -0.4 is 9.47 Å². The Morgan fingerprint density at radius 3 is 2.38 bits per heavy atom. The standard InChI is InChI=1S/C18H22O3/c1-4-20-18-10-7-15(14(3)19)11-16(18)12-21-17-8-5-13(2)6-9-17/h5-11,14,19H,4,12H2,1-3H3. The average Bonchev–Trinajstić information content (AvgIpc) is 2.48. The largest absolute Gasteiger partial charge is 0.493 e. The maximum atomic E-state index is 9.70. The van der Waals surface area contributed by atoms with E-state index in [9.17, 15) is 5.11 Å². The van der Waals surface area contributed by atoms with Crippen LogP contribution >= 0.6 is 0 Å². The molecule has 0 heterocycles. The van der Waals surface area contributed by atoms with Crippen molar-refractivity contribution in [3.63, 3.8) is 0 Å². The van der Waals surface area contributed by atoms with Gasteiger partial charge in [-0.15, -0.1) is 0 Å². The van der Waals surface area contributed by atoms with Crippen molar-refractivity contribution < 1.29 is 14.6 Å². The summed E-state index contributed by atoms with van der Waals surface area (Å²) in [6.45, 7) is 6.76. The fourth-order valence-electron chi connectivity index (χ4n) is 2.06. The van der Waals surface area contributed by atoms with Gasteiger partial charge >= 0.3 is 0 Å². The number of aliphatic hydroxyl groups is 1. The molecule has 0 amide bonds. The van der Waals surface area contributed by atoms with E-state index in [0.29, 0.717) is 13.2 Å². The summed E-state index contributed by atoms with van der Waals surface area (Å²) in [6.07, 6.45) is -0.501. The van der Waals surface area contributed by atoms with Gasteiger partial charge in [0.1, 0.15) is 18.1 Å². The second-order valence-electron chi connectivity index (χ2n) is 5.08. The molecule has 0 saturated carbocycles. The van der Waals surface area contributed by atoms with Crippen molar-refractivity contribution in [1.29, 1.82) is 0 Å². The van der Waals surface area contributed by atoms with Crippen molar-refractivity contribution >= 4 is 0 Å². The summed E-state index contributed by atoms with van der Waals surface area (Å²) < 4.78 is 11.4. The molecule has 112 valence electrons. The van der Waals surface area contributed by atoms with Gasteiger partial charge < -0.3 is 14.6 Å². The van der Waals surface area contributed by atoms with Gasteiger partial charge in [0.2, 0.25) is 0 Å². The van der Waals surface area contributed by atoms with E-state index in [1.165, 1.54) is 5.56 Å². The van der Waals surface area contributed by atoms with E-state index in [1.54, 1.807) is 6.92 Å². The molecular formula is C18H22O3. The molecule has 2 rings (SSSR count). The fourth-order valence-corrected chi connectivity index (χ4v) is 2.06. The number of rotatable bonds is 6. The van der Waals surface area contributed by atoms with Crippen LogP contribution in [0, 0.1) is 6.92 Å². The zero-order valence-corrected chi connectivity index (χ0v) is 12.8. The third kappa shape index (κ3) is 4.23. The molecule has 2 aromatic carbocycles. The zero-order valence-electron chi connectivity index (χ0n) is 12.8. The molecule has 1 unspecified atom stereocenters. The first-order valence-corrected chi connectivity index (χ1v) is 7.23. The first-order chi connectivity index (χ1) is 10.1. The number of benzene rings is 2.